The predicted octanol–water partition coefficient (Wildman–Crippen LogP) is 2.40. The van der Waals surface area contributed by atoms with Crippen molar-refractivity contribution in [2.75, 3.05) is 25.4 Å². The molecule has 6 heteroatoms. The number of nitrogens with zero attached hydrogens (tertiary/aromatic N) is 2. The van der Waals surface area contributed by atoms with Gasteiger partial charge in [-0.1, -0.05) is 6.08 Å². The highest BCUT2D eigenvalue weighted by Gasteiger charge is 2.34. The highest BCUT2D eigenvalue weighted by Crippen LogP contribution is 2.30. The number of nitrogen functional groups attached to an aromatic ring is 1. The Hall–Kier alpha value is -1.56. The number of hydrogen-bond donors (Lipinski definition) is 1. The number of hydrogen-bond acceptors (Lipinski definition) is 3. The van der Waals surface area contributed by atoms with Gasteiger partial charge in [0.1, 0.15) is 0 Å². The van der Waals surface area contributed by atoms with Crippen LogP contribution in [0.4, 0.5) is 18.9 Å². The average Bonchev–Trinajstić information content (AvgIpc) is 2.37. The van der Waals surface area contributed by atoms with Crippen molar-refractivity contribution in [1.82, 2.24) is 9.88 Å². The fourth-order valence-corrected chi connectivity index (χ4v) is 2.03. The number of nitrogens with two attached hydrogens (primary N) is 1. The molecule has 2 heterocycles. The Labute approximate surface area is 109 Å². The molecule has 1 aliphatic heterocycles. The summed E-state index contributed by atoms with van der Waals surface area (Å²) >= 11 is 0. The van der Waals surface area contributed by atoms with E-state index in [9.17, 15) is 13.2 Å². The van der Waals surface area contributed by atoms with E-state index in [4.69, 9.17) is 5.73 Å². The summed E-state index contributed by atoms with van der Waals surface area (Å²) in [4.78, 5) is 6.16. The maximum atomic E-state index is 12.4. The Bertz CT molecular complexity index is 451. The molecule has 0 unspecified atom stereocenters. The number of halogens is 3. The summed E-state index contributed by atoms with van der Waals surface area (Å²) in [6, 6.07) is 3.62. The molecule has 0 saturated carbocycles. The van der Waals surface area contributed by atoms with Crippen LogP contribution in [0, 0.1) is 0 Å². The van der Waals surface area contributed by atoms with Gasteiger partial charge in [0.2, 0.25) is 0 Å². The van der Waals surface area contributed by atoms with E-state index in [2.05, 4.69) is 4.98 Å². The van der Waals surface area contributed by atoms with Crippen LogP contribution in [0.25, 0.3) is 0 Å². The third-order valence-electron chi connectivity index (χ3n) is 3.19. The molecule has 1 aliphatic rings. The molecule has 2 rings (SSSR count). The molecule has 3 nitrogen and oxygen atoms in total. The van der Waals surface area contributed by atoms with Gasteiger partial charge < -0.3 is 5.73 Å². The van der Waals surface area contributed by atoms with E-state index < -0.39 is 11.7 Å². The van der Waals surface area contributed by atoms with Crippen LogP contribution in [0.15, 0.2) is 30.0 Å². The lowest BCUT2D eigenvalue weighted by molar-refractivity contribution is -0.0960. The monoisotopic (exact) mass is 271 g/mol. The van der Waals surface area contributed by atoms with Crippen LogP contribution in [-0.2, 0) is 6.42 Å². The molecule has 0 radical (unpaired) electrons. The van der Waals surface area contributed by atoms with Crippen LogP contribution in [0.5, 0.6) is 0 Å². The quantitative estimate of drug-likeness (QED) is 0.858. The minimum Gasteiger partial charge on any atom is -0.397 e. The number of aromatic nitrogens is 1. The summed E-state index contributed by atoms with van der Waals surface area (Å²) in [7, 11) is 0. The fraction of sp³-hybridized carbons (Fsp3) is 0.462. The van der Waals surface area contributed by atoms with Gasteiger partial charge in [-0.25, -0.2) is 0 Å². The lowest BCUT2D eigenvalue weighted by Gasteiger charge is -2.26. The highest BCUT2D eigenvalue weighted by molar-refractivity contribution is 5.34. The average molecular weight is 271 g/mol. The highest BCUT2D eigenvalue weighted by atomic mass is 19.4. The first kappa shape index (κ1) is 13.9. The molecular weight excluding hydrogens is 255 g/mol. The van der Waals surface area contributed by atoms with Crippen LogP contribution < -0.4 is 5.73 Å². The molecule has 1 aromatic rings. The van der Waals surface area contributed by atoms with Crippen molar-refractivity contribution in [3.8, 4) is 0 Å². The zero-order valence-corrected chi connectivity index (χ0v) is 10.5. The molecule has 0 fully saturated rings. The Morgan fingerprint density at radius 3 is 2.63 bits per heavy atom. The number of anilines is 1. The maximum absolute atomic E-state index is 12.4. The minimum atomic E-state index is -4.18. The molecule has 0 amide bonds. The van der Waals surface area contributed by atoms with E-state index in [-0.39, 0.29) is 6.42 Å². The molecule has 0 aliphatic carbocycles. The second kappa shape index (κ2) is 5.61. The van der Waals surface area contributed by atoms with Crippen molar-refractivity contribution in [3.63, 3.8) is 0 Å². The Balaban J connectivity index is 1.83. The smallest absolute Gasteiger partial charge is 0.397 e. The van der Waals surface area contributed by atoms with E-state index >= 15 is 0 Å². The number of pyridine rings is 1. The lowest BCUT2D eigenvalue weighted by Crippen LogP contribution is -2.33. The summed E-state index contributed by atoms with van der Waals surface area (Å²) in [5, 5.41) is 0. The largest absolute Gasteiger partial charge is 0.412 e. The summed E-state index contributed by atoms with van der Waals surface area (Å²) in [5.41, 5.74) is 6.64. The second-order valence-corrected chi connectivity index (χ2v) is 4.61. The van der Waals surface area contributed by atoms with Gasteiger partial charge in [0.25, 0.3) is 0 Å². The van der Waals surface area contributed by atoms with Crippen LogP contribution in [0.1, 0.15) is 12.1 Å². The number of rotatable bonds is 3. The molecule has 0 saturated heterocycles. The van der Waals surface area contributed by atoms with Crippen LogP contribution in [0.2, 0.25) is 0 Å². The standard InChI is InChI=1S/C13H16F3N3/c14-13(15,16)10-3-6-19(7-4-10)8-5-12-2-1-11(17)9-18-12/h1-3,9H,4-8,17H2. The van der Waals surface area contributed by atoms with Crippen LogP contribution in [-0.4, -0.2) is 35.7 Å². The molecule has 19 heavy (non-hydrogen) atoms. The Morgan fingerprint density at radius 2 is 2.11 bits per heavy atom. The molecule has 0 aromatic carbocycles. The summed E-state index contributed by atoms with van der Waals surface area (Å²) < 4.78 is 37.3. The van der Waals surface area contributed by atoms with Gasteiger partial charge in [-0.05, 0) is 18.6 Å². The first-order valence-electron chi connectivity index (χ1n) is 6.14. The Morgan fingerprint density at radius 1 is 1.32 bits per heavy atom. The van der Waals surface area contributed by atoms with Gasteiger partial charge in [0.05, 0.1) is 11.9 Å². The molecule has 104 valence electrons. The normalized spacial score (nSPS) is 17.3. The van der Waals surface area contributed by atoms with Crippen molar-refractivity contribution in [2.24, 2.45) is 0 Å². The zero-order chi connectivity index (χ0) is 13.9. The van der Waals surface area contributed by atoms with Crippen molar-refractivity contribution in [2.45, 2.75) is 19.0 Å². The number of alkyl halides is 3. The van der Waals surface area contributed by atoms with Crippen LogP contribution >= 0.6 is 0 Å². The summed E-state index contributed by atoms with van der Waals surface area (Å²) in [6.07, 6.45) is -0.522. The van der Waals surface area contributed by atoms with E-state index in [1.807, 2.05) is 11.0 Å². The molecular formula is C13H16F3N3. The first-order valence-corrected chi connectivity index (χ1v) is 6.14. The minimum absolute atomic E-state index is 0.0681. The maximum Gasteiger partial charge on any atom is 0.412 e. The van der Waals surface area contributed by atoms with Gasteiger partial charge in [-0.2, -0.15) is 13.2 Å². The van der Waals surface area contributed by atoms with Gasteiger partial charge in [-0.15, -0.1) is 0 Å². The van der Waals surface area contributed by atoms with Gasteiger partial charge in [-0.3, -0.25) is 9.88 Å². The van der Waals surface area contributed by atoms with Crippen molar-refractivity contribution < 1.29 is 13.2 Å². The third kappa shape index (κ3) is 3.96. The van der Waals surface area contributed by atoms with Crippen molar-refractivity contribution >= 4 is 5.69 Å². The SMILES string of the molecule is Nc1ccc(CCN2CC=C(C(F)(F)F)CC2)nc1. The topological polar surface area (TPSA) is 42.1 Å². The zero-order valence-electron chi connectivity index (χ0n) is 10.5. The fourth-order valence-electron chi connectivity index (χ4n) is 2.03. The van der Waals surface area contributed by atoms with E-state index in [1.165, 1.54) is 6.08 Å². The van der Waals surface area contributed by atoms with Gasteiger partial charge >= 0.3 is 6.18 Å². The second-order valence-electron chi connectivity index (χ2n) is 4.61. The summed E-state index contributed by atoms with van der Waals surface area (Å²) in [5.74, 6) is 0. The van der Waals surface area contributed by atoms with E-state index in [0.717, 1.165) is 12.1 Å². The molecule has 0 atom stereocenters. The molecule has 1 aromatic heterocycles. The first-order chi connectivity index (χ1) is 8.95. The predicted molar refractivity (Wildman–Crippen MR) is 67.5 cm³/mol. The molecule has 2 N–H and O–H groups in total. The van der Waals surface area contributed by atoms with Crippen LogP contribution in [0.3, 0.4) is 0 Å². The van der Waals surface area contributed by atoms with E-state index in [0.29, 0.717) is 25.3 Å². The van der Waals surface area contributed by atoms with E-state index in [1.54, 1.807) is 12.3 Å². The van der Waals surface area contributed by atoms with Gasteiger partial charge in [0, 0.05) is 37.3 Å². The summed E-state index contributed by atoms with van der Waals surface area (Å²) in [6.45, 7) is 1.50. The van der Waals surface area contributed by atoms with Gasteiger partial charge in [0.15, 0.2) is 0 Å². The molecule has 0 spiro atoms. The van der Waals surface area contributed by atoms with Crippen molar-refractivity contribution in [1.29, 1.82) is 0 Å². The lowest BCUT2D eigenvalue weighted by atomic mass is 10.1. The Kier molecular flexibility index (Phi) is 4.09. The molecule has 0 bridgehead atoms. The third-order valence-corrected chi connectivity index (χ3v) is 3.19. The van der Waals surface area contributed by atoms with Crippen molar-refractivity contribution in [3.05, 3.63) is 35.7 Å².